The van der Waals surface area contributed by atoms with Crippen LogP contribution in [-0.4, -0.2) is 41.8 Å². The predicted octanol–water partition coefficient (Wildman–Crippen LogP) is 3.91. The van der Waals surface area contributed by atoms with Crippen molar-refractivity contribution < 1.29 is 22.2 Å². The largest absolute Gasteiger partial charge is 0.369 e. The first-order valence-corrected chi connectivity index (χ1v) is 12.5. The summed E-state index contributed by atoms with van der Waals surface area (Å²) in [5.41, 5.74) is 5.94. The average molecular weight is 517 g/mol. The Hall–Kier alpha value is -3.34. The van der Waals surface area contributed by atoms with Crippen LogP contribution in [0.2, 0.25) is 5.02 Å². The molecule has 0 bridgehead atoms. The molecule has 1 aliphatic rings. The first-order valence-electron chi connectivity index (χ1n) is 10.6. The van der Waals surface area contributed by atoms with Gasteiger partial charge in [0.1, 0.15) is 5.25 Å². The highest BCUT2D eigenvalue weighted by Crippen LogP contribution is 2.42. The van der Waals surface area contributed by atoms with E-state index in [1.807, 2.05) is 0 Å². The van der Waals surface area contributed by atoms with Crippen LogP contribution in [0.5, 0.6) is 0 Å². The van der Waals surface area contributed by atoms with Crippen molar-refractivity contribution >= 4 is 33.6 Å². The number of nitrogens with zero attached hydrogens (tertiary/aromatic N) is 3. The van der Waals surface area contributed by atoms with E-state index in [2.05, 4.69) is 9.98 Å². The number of carbonyl (C=O) groups is 1. The Balaban J connectivity index is 1.96. The van der Waals surface area contributed by atoms with Crippen LogP contribution in [-0.2, 0) is 20.5 Å². The maximum absolute atomic E-state index is 14.5. The van der Waals surface area contributed by atoms with Gasteiger partial charge in [-0.05, 0) is 40.8 Å². The summed E-state index contributed by atoms with van der Waals surface area (Å²) < 4.78 is 48.1. The summed E-state index contributed by atoms with van der Waals surface area (Å²) in [6.07, 6.45) is 1.31. The van der Waals surface area contributed by atoms with Gasteiger partial charge in [-0.3, -0.25) is 14.2 Å². The van der Waals surface area contributed by atoms with Crippen molar-refractivity contribution in [3.63, 3.8) is 0 Å². The van der Waals surface area contributed by atoms with E-state index in [4.69, 9.17) is 17.3 Å². The van der Waals surface area contributed by atoms with Crippen LogP contribution < -0.4 is 5.73 Å². The van der Waals surface area contributed by atoms with Crippen molar-refractivity contribution in [1.29, 1.82) is 0 Å². The van der Waals surface area contributed by atoms with E-state index in [-0.39, 0.29) is 23.0 Å². The molecule has 0 radical (unpaired) electrons. The molecule has 0 saturated carbocycles. The molecule has 4 rings (SSSR count). The molecule has 0 fully saturated rings. The highest BCUT2D eigenvalue weighted by Gasteiger charge is 2.50. The molecule has 0 saturated heterocycles. The summed E-state index contributed by atoms with van der Waals surface area (Å²) >= 11 is 6.02. The Morgan fingerprint density at radius 3 is 2.43 bits per heavy atom. The minimum atomic E-state index is -4.40. The number of halogens is 2. The lowest BCUT2D eigenvalue weighted by Crippen LogP contribution is -2.41. The van der Waals surface area contributed by atoms with Crippen molar-refractivity contribution in [2.45, 2.75) is 24.1 Å². The minimum absolute atomic E-state index is 0.0387. The topological polar surface area (TPSA) is 126 Å². The van der Waals surface area contributed by atoms with Gasteiger partial charge in [0.05, 0.1) is 5.02 Å². The Morgan fingerprint density at radius 2 is 1.83 bits per heavy atom. The normalized spacial score (nSPS) is 19.1. The highest BCUT2D eigenvalue weighted by atomic mass is 35.5. The molecule has 1 aromatic heterocycles. The van der Waals surface area contributed by atoms with Gasteiger partial charge in [0.2, 0.25) is 5.95 Å². The summed E-state index contributed by atoms with van der Waals surface area (Å²) in [7, 11) is -2.92. The molecule has 35 heavy (non-hydrogen) atoms. The quantitative estimate of drug-likeness (QED) is 0.378. The van der Waals surface area contributed by atoms with Crippen LogP contribution in [0.25, 0.3) is 11.1 Å². The second-order valence-corrected chi connectivity index (χ2v) is 10.2. The Labute approximate surface area is 207 Å². The van der Waals surface area contributed by atoms with E-state index in [0.717, 1.165) is 0 Å². The second kappa shape index (κ2) is 9.03. The van der Waals surface area contributed by atoms with Gasteiger partial charge in [-0.1, -0.05) is 61.0 Å². The first kappa shape index (κ1) is 24.8. The molecule has 0 aliphatic carbocycles. The number of nitrogens with two attached hydrogens (primary N) is 1. The number of guanidine groups is 1. The van der Waals surface area contributed by atoms with Gasteiger partial charge in [-0.25, -0.2) is 9.98 Å². The summed E-state index contributed by atoms with van der Waals surface area (Å²) in [4.78, 5) is 23.0. The van der Waals surface area contributed by atoms with Crippen molar-refractivity contribution in [2.24, 2.45) is 10.7 Å². The molecule has 2 aromatic carbocycles. The van der Waals surface area contributed by atoms with Crippen LogP contribution in [0.4, 0.5) is 4.39 Å². The van der Waals surface area contributed by atoms with Crippen molar-refractivity contribution in [3.8, 4) is 11.1 Å². The summed E-state index contributed by atoms with van der Waals surface area (Å²) in [5, 5.41) is -0.947. The van der Waals surface area contributed by atoms with Gasteiger partial charge in [-0.15, -0.1) is 0 Å². The monoisotopic (exact) mass is 516 g/mol. The van der Waals surface area contributed by atoms with Gasteiger partial charge in [0, 0.05) is 18.8 Å². The molecule has 182 valence electrons. The Morgan fingerprint density at radius 1 is 1.17 bits per heavy atom. The summed E-state index contributed by atoms with van der Waals surface area (Å²) in [6.45, 7) is 1.63. The number of pyridine rings is 1. The lowest BCUT2D eigenvalue weighted by molar-refractivity contribution is -0.129. The van der Waals surface area contributed by atoms with Gasteiger partial charge in [-0.2, -0.15) is 12.8 Å². The molecule has 3 aromatic rings. The van der Waals surface area contributed by atoms with E-state index in [1.165, 1.54) is 30.3 Å². The average Bonchev–Trinajstić information content (AvgIpc) is 3.05. The maximum Gasteiger partial charge on any atom is 0.271 e. The zero-order valence-electron chi connectivity index (χ0n) is 18.8. The molecule has 2 atom stereocenters. The molecule has 0 spiro atoms. The zero-order valence-corrected chi connectivity index (χ0v) is 20.4. The number of hydrogen-bond donors (Lipinski definition) is 2. The number of aromatic nitrogens is 1. The molecule has 3 N–H and O–H groups in total. The van der Waals surface area contributed by atoms with Crippen LogP contribution in [0.1, 0.15) is 35.3 Å². The Kier molecular flexibility index (Phi) is 6.39. The number of hydrogen-bond acceptors (Lipinski definition) is 6. The highest BCUT2D eigenvalue weighted by molar-refractivity contribution is 7.86. The number of likely N-dealkylation sites (N-methyl/N-ethyl adjacent to an activating group) is 1. The number of amides is 1. The van der Waals surface area contributed by atoms with Crippen molar-refractivity contribution in [3.05, 3.63) is 88.5 Å². The molecular weight excluding hydrogens is 495 g/mol. The number of rotatable bonds is 6. The SMILES string of the molecule is CCC(c1cccc(C2(c3cccc(-c4cc(Cl)cnc4F)c3)N=C(N)N(C)C2=O)c1)S(=O)(=O)O. The maximum atomic E-state index is 14.5. The first-order chi connectivity index (χ1) is 16.5. The van der Waals surface area contributed by atoms with Crippen molar-refractivity contribution in [1.82, 2.24) is 9.88 Å². The third-order valence-corrected chi connectivity index (χ3v) is 7.57. The van der Waals surface area contributed by atoms with Gasteiger partial charge in [0.15, 0.2) is 11.5 Å². The molecule has 11 heteroatoms. The molecule has 1 amide bonds. The fraction of sp³-hybridized carbons (Fsp3) is 0.208. The summed E-state index contributed by atoms with van der Waals surface area (Å²) in [6, 6.07) is 14.2. The molecular formula is C24H22ClFN4O4S. The molecule has 1 aliphatic heterocycles. The summed E-state index contributed by atoms with van der Waals surface area (Å²) in [5.74, 6) is -1.25. The fourth-order valence-corrected chi connectivity index (χ4v) is 5.37. The smallest absolute Gasteiger partial charge is 0.271 e. The van der Waals surface area contributed by atoms with E-state index in [9.17, 15) is 22.2 Å². The molecule has 2 heterocycles. The van der Waals surface area contributed by atoms with Gasteiger partial charge >= 0.3 is 0 Å². The minimum Gasteiger partial charge on any atom is -0.369 e. The van der Waals surface area contributed by atoms with E-state index >= 15 is 0 Å². The van der Waals surface area contributed by atoms with E-state index in [1.54, 1.807) is 49.4 Å². The number of benzene rings is 2. The lowest BCUT2D eigenvalue weighted by atomic mass is 9.81. The number of aliphatic imine (C=N–C) groups is 1. The lowest BCUT2D eigenvalue weighted by Gasteiger charge is -2.27. The zero-order chi connectivity index (χ0) is 25.5. The Bertz CT molecular complexity index is 1460. The van der Waals surface area contributed by atoms with Crippen LogP contribution in [0.3, 0.4) is 0 Å². The fourth-order valence-electron chi connectivity index (χ4n) is 4.30. The van der Waals surface area contributed by atoms with Gasteiger partial charge < -0.3 is 5.73 Å². The second-order valence-electron chi connectivity index (χ2n) is 8.15. The third-order valence-electron chi connectivity index (χ3n) is 6.04. The molecule has 2 unspecified atom stereocenters. The predicted molar refractivity (Wildman–Crippen MR) is 131 cm³/mol. The van der Waals surface area contributed by atoms with E-state index < -0.39 is 32.8 Å². The standard InChI is InChI=1S/C24H22ClFN4O4S/c1-3-20(35(32,33)34)15-7-5-9-17(11-15)24(22(31)30(2)23(27)29-24)16-8-4-6-14(10-16)19-12-18(25)13-28-21(19)26/h4-13,20H,3H2,1-2H3,(H2,27,29)(H,32,33,34). The van der Waals surface area contributed by atoms with Gasteiger partial charge in [0.25, 0.3) is 16.0 Å². The van der Waals surface area contributed by atoms with Crippen molar-refractivity contribution in [2.75, 3.05) is 7.05 Å². The number of carbonyl (C=O) groups excluding carboxylic acids is 1. The molecule has 8 nitrogen and oxygen atoms in total. The van der Waals surface area contributed by atoms with Crippen LogP contribution in [0.15, 0.2) is 65.8 Å². The third kappa shape index (κ3) is 4.29. The van der Waals surface area contributed by atoms with Crippen LogP contribution >= 0.6 is 11.6 Å². The van der Waals surface area contributed by atoms with Crippen LogP contribution in [0, 0.1) is 5.95 Å². The van der Waals surface area contributed by atoms with E-state index in [0.29, 0.717) is 22.3 Å².